The lowest BCUT2D eigenvalue weighted by Crippen LogP contribution is -2.24. The van der Waals surface area contributed by atoms with Crippen molar-refractivity contribution in [3.63, 3.8) is 0 Å². The van der Waals surface area contributed by atoms with E-state index >= 15 is 0 Å². The third kappa shape index (κ3) is 3.90. The number of hydrogen-bond donors (Lipinski definition) is 1. The zero-order valence-corrected chi connectivity index (χ0v) is 11.7. The molecular weight excluding hydrogens is 274 g/mol. The minimum Gasteiger partial charge on any atom is -0.330 e. The van der Waals surface area contributed by atoms with Crippen LogP contribution in [0.2, 0.25) is 0 Å². The fraction of sp³-hybridized carbons (Fsp3) is 0.636. The topological polar surface area (TPSA) is 85.9 Å². The van der Waals surface area contributed by atoms with Gasteiger partial charge in [-0.05, 0) is 25.5 Å². The van der Waals surface area contributed by atoms with E-state index in [1.807, 2.05) is 6.07 Å². The lowest BCUT2D eigenvalue weighted by molar-refractivity contribution is 0.548. The van der Waals surface area contributed by atoms with Gasteiger partial charge in [-0.3, -0.25) is 0 Å². The average Bonchev–Trinajstić information content (AvgIpc) is 2.28. The molecular formula is C11H18ClN3O2S. The maximum absolute atomic E-state index is 11.6. The molecule has 0 spiro atoms. The van der Waals surface area contributed by atoms with Gasteiger partial charge in [-0.1, -0.05) is 0 Å². The standard InChI is InChI=1S/C11H17N3O2S.ClH/c12-5-3-11-13-6-4-10(14-11)9-2-1-7-17(15,16)8-9;/h4,6,9H,1-3,5,7-8,12H2;1H. The van der Waals surface area contributed by atoms with E-state index in [4.69, 9.17) is 5.73 Å². The van der Waals surface area contributed by atoms with E-state index in [9.17, 15) is 8.42 Å². The average molecular weight is 292 g/mol. The second-order valence-electron chi connectivity index (χ2n) is 4.39. The van der Waals surface area contributed by atoms with Crippen molar-refractivity contribution in [1.29, 1.82) is 0 Å². The van der Waals surface area contributed by atoms with E-state index in [0.29, 0.717) is 24.5 Å². The van der Waals surface area contributed by atoms with Crippen LogP contribution in [-0.4, -0.2) is 36.4 Å². The van der Waals surface area contributed by atoms with Gasteiger partial charge in [-0.15, -0.1) is 12.4 Å². The van der Waals surface area contributed by atoms with Gasteiger partial charge < -0.3 is 5.73 Å². The van der Waals surface area contributed by atoms with Crippen molar-refractivity contribution in [3.05, 3.63) is 23.8 Å². The first-order valence-electron chi connectivity index (χ1n) is 5.83. The van der Waals surface area contributed by atoms with Gasteiger partial charge in [0.2, 0.25) is 0 Å². The molecule has 18 heavy (non-hydrogen) atoms. The van der Waals surface area contributed by atoms with Crippen LogP contribution < -0.4 is 5.73 Å². The number of nitrogens with zero attached hydrogens (tertiary/aromatic N) is 2. The van der Waals surface area contributed by atoms with Crippen LogP contribution >= 0.6 is 12.4 Å². The Morgan fingerprint density at radius 3 is 2.89 bits per heavy atom. The van der Waals surface area contributed by atoms with Crippen LogP contribution in [0, 0.1) is 0 Å². The SMILES string of the molecule is Cl.NCCc1nccc(C2CCCS(=O)(=O)C2)n1. The van der Waals surface area contributed by atoms with E-state index in [0.717, 1.165) is 18.5 Å². The molecule has 2 heterocycles. The molecule has 1 unspecified atom stereocenters. The summed E-state index contributed by atoms with van der Waals surface area (Å²) >= 11 is 0. The third-order valence-corrected chi connectivity index (χ3v) is 4.80. The van der Waals surface area contributed by atoms with Gasteiger partial charge in [-0.25, -0.2) is 18.4 Å². The van der Waals surface area contributed by atoms with Crippen LogP contribution in [0.3, 0.4) is 0 Å². The summed E-state index contributed by atoms with van der Waals surface area (Å²) in [5.41, 5.74) is 6.30. The Morgan fingerprint density at radius 1 is 1.44 bits per heavy atom. The third-order valence-electron chi connectivity index (χ3n) is 2.98. The molecule has 0 radical (unpaired) electrons. The molecule has 2 N–H and O–H groups in total. The molecule has 0 amide bonds. The van der Waals surface area contributed by atoms with Crippen molar-refractivity contribution in [3.8, 4) is 0 Å². The molecule has 0 aromatic carbocycles. The van der Waals surface area contributed by atoms with E-state index in [2.05, 4.69) is 9.97 Å². The molecule has 1 fully saturated rings. The Kier molecular flexibility index (Phi) is 5.49. The van der Waals surface area contributed by atoms with Crippen molar-refractivity contribution in [2.24, 2.45) is 5.73 Å². The second kappa shape index (κ2) is 6.45. The molecule has 2 rings (SSSR count). The number of nitrogens with two attached hydrogens (primary N) is 1. The van der Waals surface area contributed by atoms with Gasteiger partial charge in [0.1, 0.15) is 5.82 Å². The summed E-state index contributed by atoms with van der Waals surface area (Å²) < 4.78 is 23.2. The van der Waals surface area contributed by atoms with Crippen LogP contribution in [-0.2, 0) is 16.3 Å². The fourth-order valence-corrected chi connectivity index (χ4v) is 3.87. The van der Waals surface area contributed by atoms with Crippen molar-refractivity contribution in [2.75, 3.05) is 18.1 Å². The molecule has 1 aromatic heterocycles. The first-order valence-corrected chi connectivity index (χ1v) is 7.65. The zero-order chi connectivity index (χ0) is 12.3. The number of rotatable bonds is 3. The monoisotopic (exact) mass is 291 g/mol. The van der Waals surface area contributed by atoms with Gasteiger partial charge in [0.05, 0.1) is 11.5 Å². The zero-order valence-electron chi connectivity index (χ0n) is 10.1. The summed E-state index contributed by atoms with van der Waals surface area (Å²) in [5, 5.41) is 0. The quantitative estimate of drug-likeness (QED) is 0.885. The Balaban J connectivity index is 0.00000162. The Bertz CT molecular complexity index is 493. The molecule has 102 valence electrons. The van der Waals surface area contributed by atoms with E-state index < -0.39 is 9.84 Å². The smallest absolute Gasteiger partial charge is 0.150 e. The fourth-order valence-electron chi connectivity index (χ4n) is 2.15. The summed E-state index contributed by atoms with van der Waals surface area (Å²) in [5.74, 6) is 1.25. The molecule has 1 aliphatic rings. The molecule has 1 saturated heterocycles. The largest absolute Gasteiger partial charge is 0.330 e. The minimum atomic E-state index is -2.89. The maximum atomic E-state index is 11.6. The Labute approximate surface area is 114 Å². The number of hydrogen-bond acceptors (Lipinski definition) is 5. The first-order chi connectivity index (χ1) is 8.11. The van der Waals surface area contributed by atoms with E-state index in [1.165, 1.54) is 0 Å². The van der Waals surface area contributed by atoms with Gasteiger partial charge in [-0.2, -0.15) is 0 Å². The molecule has 5 nitrogen and oxygen atoms in total. The number of halogens is 1. The maximum Gasteiger partial charge on any atom is 0.150 e. The number of aromatic nitrogens is 2. The highest BCUT2D eigenvalue weighted by Gasteiger charge is 2.26. The summed E-state index contributed by atoms with van der Waals surface area (Å²) in [6.07, 6.45) is 3.93. The van der Waals surface area contributed by atoms with Crippen LogP contribution in [0.1, 0.15) is 30.3 Å². The summed E-state index contributed by atoms with van der Waals surface area (Å²) in [7, 11) is -2.89. The predicted molar refractivity (Wildman–Crippen MR) is 72.7 cm³/mol. The lowest BCUT2D eigenvalue weighted by atomic mass is 10.0. The predicted octanol–water partition coefficient (Wildman–Crippen LogP) is 0.692. The van der Waals surface area contributed by atoms with Gasteiger partial charge in [0, 0.05) is 24.2 Å². The number of sulfone groups is 1. The first kappa shape index (κ1) is 15.3. The van der Waals surface area contributed by atoms with Crippen LogP contribution in [0.5, 0.6) is 0 Å². The highest BCUT2D eigenvalue weighted by Crippen LogP contribution is 2.26. The van der Waals surface area contributed by atoms with Crippen molar-refractivity contribution in [2.45, 2.75) is 25.2 Å². The molecule has 0 saturated carbocycles. The van der Waals surface area contributed by atoms with Crippen molar-refractivity contribution in [1.82, 2.24) is 9.97 Å². The molecule has 0 aliphatic carbocycles. The lowest BCUT2D eigenvalue weighted by Gasteiger charge is -2.21. The van der Waals surface area contributed by atoms with E-state index in [-0.39, 0.29) is 24.1 Å². The summed E-state index contributed by atoms with van der Waals surface area (Å²) in [6, 6.07) is 1.81. The molecule has 0 bridgehead atoms. The molecule has 1 aromatic rings. The normalized spacial score (nSPS) is 22.2. The molecule has 7 heteroatoms. The Hall–Kier alpha value is -0.720. The highest BCUT2D eigenvalue weighted by molar-refractivity contribution is 7.91. The van der Waals surface area contributed by atoms with Gasteiger partial charge in [0.25, 0.3) is 0 Å². The van der Waals surface area contributed by atoms with Crippen LogP contribution in [0.4, 0.5) is 0 Å². The minimum absolute atomic E-state index is 0. The van der Waals surface area contributed by atoms with Crippen molar-refractivity contribution >= 4 is 22.2 Å². The van der Waals surface area contributed by atoms with E-state index in [1.54, 1.807) is 6.20 Å². The van der Waals surface area contributed by atoms with Gasteiger partial charge in [0.15, 0.2) is 9.84 Å². The second-order valence-corrected chi connectivity index (χ2v) is 6.62. The summed E-state index contributed by atoms with van der Waals surface area (Å²) in [4.78, 5) is 8.52. The van der Waals surface area contributed by atoms with Crippen LogP contribution in [0.15, 0.2) is 12.3 Å². The molecule has 1 aliphatic heterocycles. The van der Waals surface area contributed by atoms with Gasteiger partial charge >= 0.3 is 0 Å². The highest BCUT2D eigenvalue weighted by atomic mass is 35.5. The molecule has 1 atom stereocenters. The van der Waals surface area contributed by atoms with Crippen molar-refractivity contribution < 1.29 is 8.42 Å². The van der Waals surface area contributed by atoms with Crippen LogP contribution in [0.25, 0.3) is 0 Å². The Morgan fingerprint density at radius 2 is 2.22 bits per heavy atom. The summed E-state index contributed by atoms with van der Waals surface area (Å²) in [6.45, 7) is 0.506.